The predicted octanol–water partition coefficient (Wildman–Crippen LogP) is 2.49. The summed E-state index contributed by atoms with van der Waals surface area (Å²) in [6.45, 7) is 4.25. The van der Waals surface area contributed by atoms with E-state index >= 15 is 0 Å². The summed E-state index contributed by atoms with van der Waals surface area (Å²) in [6.07, 6.45) is 2.17. The number of benzene rings is 1. The first-order chi connectivity index (χ1) is 7.10. The van der Waals surface area contributed by atoms with Crippen LogP contribution in [0.3, 0.4) is 0 Å². The lowest BCUT2D eigenvalue weighted by atomic mass is 9.94. The Hall–Kier alpha value is -0.860. The zero-order chi connectivity index (χ0) is 11.3. The molecular weight excluding hydrogens is 188 g/mol. The summed E-state index contributed by atoms with van der Waals surface area (Å²) in [4.78, 5) is 0. The van der Waals surface area contributed by atoms with Crippen molar-refractivity contribution in [1.29, 1.82) is 0 Å². The SMILES string of the molecule is CCCc1cccc(C(C)(O)COC)c1. The van der Waals surface area contributed by atoms with Crippen molar-refractivity contribution in [3.8, 4) is 0 Å². The zero-order valence-electron chi connectivity index (χ0n) is 9.79. The maximum Gasteiger partial charge on any atom is 0.110 e. The van der Waals surface area contributed by atoms with E-state index in [4.69, 9.17) is 4.74 Å². The summed E-state index contributed by atoms with van der Waals surface area (Å²) >= 11 is 0. The van der Waals surface area contributed by atoms with Crippen LogP contribution in [0.4, 0.5) is 0 Å². The molecule has 0 amide bonds. The summed E-state index contributed by atoms with van der Waals surface area (Å²) in [5, 5.41) is 10.2. The van der Waals surface area contributed by atoms with Gasteiger partial charge in [0.15, 0.2) is 0 Å². The number of aliphatic hydroxyl groups is 1. The summed E-state index contributed by atoms with van der Waals surface area (Å²) in [5.41, 5.74) is 1.31. The van der Waals surface area contributed by atoms with E-state index in [0.29, 0.717) is 6.61 Å². The number of methoxy groups -OCH3 is 1. The molecule has 0 bridgehead atoms. The van der Waals surface area contributed by atoms with Crippen molar-refractivity contribution in [2.45, 2.75) is 32.3 Å². The monoisotopic (exact) mass is 208 g/mol. The van der Waals surface area contributed by atoms with Gasteiger partial charge in [0.25, 0.3) is 0 Å². The minimum absolute atomic E-state index is 0.322. The third kappa shape index (κ3) is 3.33. The number of hydrogen-bond donors (Lipinski definition) is 1. The van der Waals surface area contributed by atoms with E-state index in [1.807, 2.05) is 12.1 Å². The molecule has 0 aromatic heterocycles. The summed E-state index contributed by atoms with van der Waals surface area (Å²) < 4.78 is 5.01. The molecule has 0 saturated carbocycles. The normalized spacial score (nSPS) is 14.9. The number of hydrogen-bond acceptors (Lipinski definition) is 2. The Bertz CT molecular complexity index is 305. The molecule has 1 rings (SSSR count). The van der Waals surface area contributed by atoms with Crippen molar-refractivity contribution < 1.29 is 9.84 Å². The Labute approximate surface area is 91.9 Å². The molecule has 1 atom stereocenters. The number of rotatable bonds is 5. The Morgan fingerprint density at radius 3 is 2.73 bits per heavy atom. The summed E-state index contributed by atoms with van der Waals surface area (Å²) in [5.74, 6) is 0. The van der Waals surface area contributed by atoms with Crippen LogP contribution in [0.5, 0.6) is 0 Å². The Kier molecular flexibility index (Phi) is 4.30. The molecule has 1 unspecified atom stereocenters. The third-order valence-corrected chi connectivity index (χ3v) is 2.51. The van der Waals surface area contributed by atoms with Gasteiger partial charge < -0.3 is 9.84 Å². The van der Waals surface area contributed by atoms with E-state index in [9.17, 15) is 5.11 Å². The lowest BCUT2D eigenvalue weighted by Crippen LogP contribution is -2.27. The highest BCUT2D eigenvalue weighted by Gasteiger charge is 2.22. The largest absolute Gasteiger partial charge is 0.383 e. The molecule has 0 saturated heterocycles. The third-order valence-electron chi connectivity index (χ3n) is 2.51. The van der Waals surface area contributed by atoms with Crippen LogP contribution in [0.15, 0.2) is 24.3 Å². The molecule has 0 aliphatic rings. The standard InChI is InChI=1S/C13H20O2/c1-4-6-11-7-5-8-12(9-11)13(2,14)10-15-3/h5,7-9,14H,4,6,10H2,1-3H3. The van der Waals surface area contributed by atoms with Gasteiger partial charge in [-0.2, -0.15) is 0 Å². The Balaban J connectivity index is 2.88. The average molecular weight is 208 g/mol. The van der Waals surface area contributed by atoms with Crippen LogP contribution >= 0.6 is 0 Å². The van der Waals surface area contributed by atoms with E-state index < -0.39 is 5.60 Å². The smallest absolute Gasteiger partial charge is 0.110 e. The molecule has 0 aliphatic carbocycles. The van der Waals surface area contributed by atoms with E-state index in [-0.39, 0.29) is 0 Å². The molecule has 1 aromatic rings. The van der Waals surface area contributed by atoms with Crippen molar-refractivity contribution in [3.63, 3.8) is 0 Å². The molecule has 0 aliphatic heterocycles. The molecule has 0 heterocycles. The van der Waals surface area contributed by atoms with Crippen molar-refractivity contribution in [2.24, 2.45) is 0 Å². The lowest BCUT2D eigenvalue weighted by molar-refractivity contribution is -0.0208. The minimum atomic E-state index is -0.890. The molecule has 0 fully saturated rings. The van der Waals surface area contributed by atoms with E-state index in [2.05, 4.69) is 19.1 Å². The van der Waals surface area contributed by atoms with E-state index in [1.165, 1.54) is 5.56 Å². The van der Waals surface area contributed by atoms with Crippen molar-refractivity contribution >= 4 is 0 Å². The first-order valence-electron chi connectivity index (χ1n) is 5.41. The van der Waals surface area contributed by atoms with Crippen molar-refractivity contribution in [2.75, 3.05) is 13.7 Å². The molecule has 2 nitrogen and oxygen atoms in total. The molecule has 0 radical (unpaired) electrons. The minimum Gasteiger partial charge on any atom is -0.383 e. The van der Waals surface area contributed by atoms with Gasteiger partial charge >= 0.3 is 0 Å². The number of aryl methyl sites for hydroxylation is 1. The second-order valence-corrected chi connectivity index (χ2v) is 4.16. The summed E-state index contributed by atoms with van der Waals surface area (Å²) in [7, 11) is 1.60. The molecular formula is C13H20O2. The molecule has 1 aromatic carbocycles. The quantitative estimate of drug-likeness (QED) is 0.805. The summed E-state index contributed by atoms with van der Waals surface area (Å²) in [6, 6.07) is 8.08. The molecule has 1 N–H and O–H groups in total. The maximum absolute atomic E-state index is 10.2. The van der Waals surface area contributed by atoms with Crippen LogP contribution < -0.4 is 0 Å². The second kappa shape index (κ2) is 5.29. The van der Waals surface area contributed by atoms with Gasteiger partial charge in [-0.3, -0.25) is 0 Å². The molecule has 0 spiro atoms. The number of ether oxygens (including phenoxy) is 1. The predicted molar refractivity (Wildman–Crippen MR) is 61.9 cm³/mol. The van der Waals surface area contributed by atoms with Crippen LogP contribution in [-0.4, -0.2) is 18.8 Å². The van der Waals surface area contributed by atoms with E-state index in [1.54, 1.807) is 14.0 Å². The van der Waals surface area contributed by atoms with Crippen molar-refractivity contribution in [1.82, 2.24) is 0 Å². The van der Waals surface area contributed by atoms with Crippen LogP contribution in [0.25, 0.3) is 0 Å². The molecule has 15 heavy (non-hydrogen) atoms. The highest BCUT2D eigenvalue weighted by molar-refractivity contribution is 5.28. The highest BCUT2D eigenvalue weighted by atomic mass is 16.5. The van der Waals surface area contributed by atoms with E-state index in [0.717, 1.165) is 18.4 Å². The fraction of sp³-hybridized carbons (Fsp3) is 0.538. The van der Waals surface area contributed by atoms with Crippen LogP contribution in [-0.2, 0) is 16.8 Å². The first kappa shape index (κ1) is 12.2. The zero-order valence-corrected chi connectivity index (χ0v) is 9.79. The van der Waals surface area contributed by atoms with Crippen molar-refractivity contribution in [3.05, 3.63) is 35.4 Å². The fourth-order valence-electron chi connectivity index (χ4n) is 1.71. The lowest BCUT2D eigenvalue weighted by Gasteiger charge is -2.23. The fourth-order valence-corrected chi connectivity index (χ4v) is 1.71. The first-order valence-corrected chi connectivity index (χ1v) is 5.41. The maximum atomic E-state index is 10.2. The van der Waals surface area contributed by atoms with Gasteiger partial charge in [0, 0.05) is 7.11 Å². The topological polar surface area (TPSA) is 29.5 Å². The highest BCUT2D eigenvalue weighted by Crippen LogP contribution is 2.22. The molecule has 2 heteroatoms. The van der Waals surface area contributed by atoms with Gasteiger partial charge in [-0.05, 0) is 24.5 Å². The van der Waals surface area contributed by atoms with Gasteiger partial charge in [0.1, 0.15) is 5.60 Å². The van der Waals surface area contributed by atoms with Gasteiger partial charge in [0.05, 0.1) is 6.61 Å². The van der Waals surface area contributed by atoms with Crippen LogP contribution in [0, 0.1) is 0 Å². The van der Waals surface area contributed by atoms with Crippen LogP contribution in [0.1, 0.15) is 31.4 Å². The van der Waals surface area contributed by atoms with Gasteiger partial charge in [-0.15, -0.1) is 0 Å². The van der Waals surface area contributed by atoms with Gasteiger partial charge in [0.2, 0.25) is 0 Å². The van der Waals surface area contributed by atoms with Gasteiger partial charge in [-0.1, -0.05) is 37.6 Å². The Morgan fingerprint density at radius 2 is 2.13 bits per heavy atom. The second-order valence-electron chi connectivity index (χ2n) is 4.16. The molecule has 84 valence electrons. The van der Waals surface area contributed by atoms with Gasteiger partial charge in [-0.25, -0.2) is 0 Å². The average Bonchev–Trinajstić information content (AvgIpc) is 2.19. The Morgan fingerprint density at radius 1 is 1.40 bits per heavy atom. The van der Waals surface area contributed by atoms with Crippen LogP contribution in [0.2, 0.25) is 0 Å².